The second-order valence-electron chi connectivity index (χ2n) is 3.88. The second-order valence-corrected chi connectivity index (χ2v) is 6.66. The highest BCUT2D eigenvalue weighted by molar-refractivity contribution is 7.92. The van der Waals surface area contributed by atoms with Gasteiger partial charge in [-0.15, -0.1) is 0 Å². The fourth-order valence-corrected chi connectivity index (χ4v) is 3.25. The van der Waals surface area contributed by atoms with E-state index in [0.29, 0.717) is 5.02 Å². The summed E-state index contributed by atoms with van der Waals surface area (Å²) in [6.45, 7) is 0. The van der Waals surface area contributed by atoms with Crippen LogP contribution in [-0.2, 0) is 10.0 Å². The van der Waals surface area contributed by atoms with Gasteiger partial charge in [0.2, 0.25) is 0 Å². The molecule has 8 heteroatoms. The monoisotopic (exact) mass is 334 g/mol. The number of rotatable bonds is 3. The lowest BCUT2D eigenvalue weighted by Crippen LogP contribution is -2.27. The van der Waals surface area contributed by atoms with E-state index in [0.717, 1.165) is 16.4 Å². The first-order valence-electron chi connectivity index (χ1n) is 5.38. The maximum Gasteiger partial charge on any atom is 0.266 e. The van der Waals surface area contributed by atoms with E-state index in [1.807, 2.05) is 0 Å². The number of nitrogens with zero attached hydrogens (tertiary/aromatic N) is 2. The molecule has 2 rings (SSSR count). The zero-order valence-corrected chi connectivity index (χ0v) is 12.5. The van der Waals surface area contributed by atoms with Gasteiger partial charge in [-0.1, -0.05) is 23.2 Å². The highest BCUT2D eigenvalue weighted by Gasteiger charge is 2.25. The number of anilines is 1. The molecule has 1 aromatic heterocycles. The predicted octanol–water partition coefficient (Wildman–Crippen LogP) is 3.35. The fourth-order valence-electron chi connectivity index (χ4n) is 1.50. The van der Waals surface area contributed by atoms with Crippen molar-refractivity contribution in [3.63, 3.8) is 0 Å². The van der Waals surface area contributed by atoms with Crippen LogP contribution in [-0.4, -0.2) is 20.4 Å². The van der Waals surface area contributed by atoms with Gasteiger partial charge in [-0.2, -0.15) is 0 Å². The van der Waals surface area contributed by atoms with Gasteiger partial charge >= 0.3 is 0 Å². The molecular weight excluding hydrogens is 326 g/mol. The second kappa shape index (κ2) is 5.55. The Morgan fingerprint density at radius 3 is 2.50 bits per heavy atom. The molecule has 0 aliphatic carbocycles. The standard InChI is InChI=1S/C12H9Cl2FN2O2S/c1-17(12-5-2-8(13)7-16-12)20(18,19)11-6-9(15)3-4-10(11)14/h2-7H,1H3. The number of aromatic nitrogens is 1. The highest BCUT2D eigenvalue weighted by Crippen LogP contribution is 2.27. The lowest BCUT2D eigenvalue weighted by Gasteiger charge is -2.19. The lowest BCUT2D eigenvalue weighted by molar-refractivity contribution is 0.589. The van der Waals surface area contributed by atoms with Gasteiger partial charge in [0.05, 0.1) is 10.0 Å². The summed E-state index contributed by atoms with van der Waals surface area (Å²) in [7, 11) is -2.70. The van der Waals surface area contributed by atoms with Crippen LogP contribution in [0.25, 0.3) is 0 Å². The Kier molecular flexibility index (Phi) is 4.17. The van der Waals surface area contributed by atoms with Crippen molar-refractivity contribution in [2.45, 2.75) is 4.90 Å². The summed E-state index contributed by atoms with van der Waals surface area (Å²) < 4.78 is 38.9. The van der Waals surface area contributed by atoms with Gasteiger partial charge in [0, 0.05) is 13.2 Å². The maximum absolute atomic E-state index is 13.2. The molecule has 0 fully saturated rings. The van der Waals surface area contributed by atoms with Gasteiger partial charge in [0.15, 0.2) is 0 Å². The number of benzene rings is 1. The molecule has 20 heavy (non-hydrogen) atoms. The normalized spacial score (nSPS) is 11.4. The van der Waals surface area contributed by atoms with Crippen molar-refractivity contribution in [3.8, 4) is 0 Å². The molecule has 0 amide bonds. The molecule has 4 nitrogen and oxygen atoms in total. The van der Waals surface area contributed by atoms with Crippen molar-refractivity contribution in [2.24, 2.45) is 0 Å². The Morgan fingerprint density at radius 2 is 1.90 bits per heavy atom. The van der Waals surface area contributed by atoms with Crippen LogP contribution >= 0.6 is 23.2 Å². The van der Waals surface area contributed by atoms with Gasteiger partial charge in [-0.25, -0.2) is 17.8 Å². The van der Waals surface area contributed by atoms with E-state index < -0.39 is 15.8 Å². The van der Waals surface area contributed by atoms with E-state index in [1.54, 1.807) is 0 Å². The zero-order chi connectivity index (χ0) is 14.9. The molecule has 0 aliphatic heterocycles. The third kappa shape index (κ3) is 2.87. The Hall–Kier alpha value is -1.37. The summed E-state index contributed by atoms with van der Waals surface area (Å²) in [6.07, 6.45) is 1.32. The molecule has 0 unspecified atom stereocenters. The molecule has 0 saturated carbocycles. The third-order valence-corrected chi connectivity index (χ3v) is 5.03. The van der Waals surface area contributed by atoms with Crippen molar-refractivity contribution in [2.75, 3.05) is 11.4 Å². The molecule has 0 atom stereocenters. The quantitative estimate of drug-likeness (QED) is 0.864. The Bertz CT molecular complexity index is 736. The summed E-state index contributed by atoms with van der Waals surface area (Å²) in [4.78, 5) is 3.58. The number of sulfonamides is 1. The molecule has 0 aliphatic rings. The Balaban J connectivity index is 2.49. The van der Waals surface area contributed by atoms with Crippen molar-refractivity contribution < 1.29 is 12.8 Å². The Morgan fingerprint density at radius 1 is 1.20 bits per heavy atom. The molecule has 1 heterocycles. The van der Waals surface area contributed by atoms with Gasteiger partial charge in [-0.05, 0) is 30.3 Å². The molecule has 1 aromatic carbocycles. The van der Waals surface area contributed by atoms with E-state index in [-0.39, 0.29) is 15.7 Å². The van der Waals surface area contributed by atoms with E-state index in [1.165, 1.54) is 31.4 Å². The third-order valence-electron chi connectivity index (χ3n) is 2.57. The van der Waals surface area contributed by atoms with Crippen LogP contribution in [0.4, 0.5) is 10.2 Å². The average Bonchev–Trinajstić information content (AvgIpc) is 2.41. The molecule has 0 N–H and O–H groups in total. The van der Waals surface area contributed by atoms with Crippen LogP contribution in [0.3, 0.4) is 0 Å². The Labute approximate surface area is 125 Å². The van der Waals surface area contributed by atoms with E-state index in [2.05, 4.69) is 4.98 Å². The minimum atomic E-state index is -4.00. The minimum absolute atomic E-state index is 0.0628. The molecule has 0 saturated heterocycles. The van der Waals surface area contributed by atoms with Gasteiger partial charge in [-0.3, -0.25) is 4.31 Å². The van der Waals surface area contributed by atoms with E-state index in [9.17, 15) is 12.8 Å². The molecule has 106 valence electrons. The lowest BCUT2D eigenvalue weighted by atomic mass is 10.3. The van der Waals surface area contributed by atoms with Crippen LogP contribution in [0.1, 0.15) is 0 Å². The molecule has 2 aromatic rings. The molecule has 0 spiro atoms. The summed E-state index contributed by atoms with van der Waals surface area (Å²) >= 11 is 11.5. The largest absolute Gasteiger partial charge is 0.266 e. The van der Waals surface area contributed by atoms with E-state index in [4.69, 9.17) is 23.2 Å². The van der Waals surface area contributed by atoms with Crippen LogP contribution < -0.4 is 4.31 Å². The SMILES string of the molecule is CN(c1ccc(Cl)cn1)S(=O)(=O)c1cc(F)ccc1Cl. The topological polar surface area (TPSA) is 50.3 Å². The predicted molar refractivity (Wildman–Crippen MR) is 76.2 cm³/mol. The van der Waals surface area contributed by atoms with Crippen molar-refractivity contribution in [3.05, 3.63) is 52.4 Å². The number of hydrogen-bond donors (Lipinski definition) is 0. The molecular formula is C12H9Cl2FN2O2S. The van der Waals surface area contributed by atoms with E-state index >= 15 is 0 Å². The van der Waals surface area contributed by atoms with Crippen LogP contribution in [0.2, 0.25) is 10.0 Å². The molecule has 0 bridgehead atoms. The maximum atomic E-state index is 13.2. The van der Waals surface area contributed by atoms with Gasteiger partial charge in [0.1, 0.15) is 16.5 Å². The van der Waals surface area contributed by atoms with Gasteiger partial charge < -0.3 is 0 Å². The van der Waals surface area contributed by atoms with Crippen LogP contribution in [0.15, 0.2) is 41.4 Å². The van der Waals surface area contributed by atoms with Crippen molar-refractivity contribution in [1.29, 1.82) is 0 Å². The highest BCUT2D eigenvalue weighted by atomic mass is 35.5. The van der Waals surface area contributed by atoms with Crippen LogP contribution in [0, 0.1) is 5.82 Å². The van der Waals surface area contributed by atoms with Crippen molar-refractivity contribution >= 4 is 39.0 Å². The summed E-state index contributed by atoms with van der Waals surface area (Å²) in [5.41, 5.74) is 0. The minimum Gasteiger partial charge on any atom is -0.253 e. The van der Waals surface area contributed by atoms with Crippen LogP contribution in [0.5, 0.6) is 0 Å². The molecule has 0 radical (unpaired) electrons. The van der Waals surface area contributed by atoms with Gasteiger partial charge in [0.25, 0.3) is 10.0 Å². The number of halogens is 3. The first-order chi connectivity index (χ1) is 9.32. The number of hydrogen-bond acceptors (Lipinski definition) is 3. The summed E-state index contributed by atoms with van der Waals surface area (Å²) in [5.74, 6) is -0.542. The smallest absolute Gasteiger partial charge is 0.253 e. The fraction of sp³-hybridized carbons (Fsp3) is 0.0833. The average molecular weight is 335 g/mol. The summed E-state index contributed by atoms with van der Waals surface area (Å²) in [6, 6.07) is 6.08. The zero-order valence-electron chi connectivity index (χ0n) is 10.2. The summed E-state index contributed by atoms with van der Waals surface area (Å²) in [5, 5.41) is 0.315. The number of pyridine rings is 1. The first-order valence-corrected chi connectivity index (χ1v) is 7.57. The van der Waals surface area contributed by atoms with Crippen molar-refractivity contribution in [1.82, 2.24) is 4.98 Å². The first kappa shape index (κ1) is 15.0.